The summed E-state index contributed by atoms with van der Waals surface area (Å²) in [5.41, 5.74) is 6.34. The molecule has 0 bridgehead atoms. The Morgan fingerprint density at radius 3 is 2.44 bits per heavy atom. The highest BCUT2D eigenvalue weighted by Crippen LogP contribution is 2.19. The van der Waals surface area contributed by atoms with Gasteiger partial charge >= 0.3 is 11.7 Å². The van der Waals surface area contributed by atoms with E-state index in [0.29, 0.717) is 5.75 Å². The predicted octanol–water partition coefficient (Wildman–Crippen LogP) is 2.09. The lowest BCUT2D eigenvalue weighted by molar-refractivity contribution is -0.149. The highest BCUT2D eigenvalue weighted by Gasteiger charge is 2.26. The molecule has 2 aromatic carbocycles. The van der Waals surface area contributed by atoms with Crippen molar-refractivity contribution < 1.29 is 19.1 Å². The van der Waals surface area contributed by atoms with Crippen molar-refractivity contribution in [3.05, 3.63) is 86.6 Å². The largest absolute Gasteiger partial charge is 0.482 e. The van der Waals surface area contributed by atoms with E-state index in [1.807, 2.05) is 57.2 Å². The van der Waals surface area contributed by atoms with Crippen molar-refractivity contribution in [2.75, 3.05) is 30.4 Å². The number of rotatable bonds is 10. The maximum atomic E-state index is 13.1. The zero-order valence-electron chi connectivity index (χ0n) is 20.5. The Morgan fingerprint density at radius 2 is 1.78 bits per heavy atom. The standard InChI is InChI=1S/C26H30N4O6/c1-17(2)13-29(21(31)15-36-22(32)16-35-20-11-7-8-18(3)12-20)23-24(27)30(26(34)28-25(23)33)14-19-9-5-4-6-10-19/h4-12,17H,13-16,27H2,1-3H3,(H,28,33,34). The number of aromatic nitrogens is 2. The lowest BCUT2D eigenvalue weighted by Crippen LogP contribution is -2.44. The molecule has 0 aliphatic heterocycles. The number of esters is 1. The number of nitrogen functional groups attached to an aromatic ring is 1. The summed E-state index contributed by atoms with van der Waals surface area (Å²) in [5, 5.41) is 0. The first-order valence-electron chi connectivity index (χ1n) is 11.5. The maximum Gasteiger partial charge on any atom is 0.344 e. The van der Waals surface area contributed by atoms with Crippen molar-refractivity contribution in [2.45, 2.75) is 27.3 Å². The van der Waals surface area contributed by atoms with Gasteiger partial charge in [-0.25, -0.2) is 9.59 Å². The Bertz CT molecular complexity index is 1330. The molecule has 1 aromatic heterocycles. The van der Waals surface area contributed by atoms with Crippen LogP contribution in [0.15, 0.2) is 64.2 Å². The quantitative estimate of drug-likeness (QED) is 0.412. The van der Waals surface area contributed by atoms with E-state index in [1.54, 1.807) is 18.2 Å². The van der Waals surface area contributed by atoms with Crippen LogP contribution in [0.25, 0.3) is 0 Å². The number of nitrogens with zero attached hydrogens (tertiary/aromatic N) is 2. The minimum Gasteiger partial charge on any atom is -0.482 e. The van der Waals surface area contributed by atoms with Crippen LogP contribution in [-0.2, 0) is 20.9 Å². The molecule has 0 aliphatic carbocycles. The minimum absolute atomic E-state index is 0.0531. The minimum atomic E-state index is -0.801. The maximum absolute atomic E-state index is 13.1. The van der Waals surface area contributed by atoms with Gasteiger partial charge in [-0.3, -0.25) is 19.1 Å². The lowest BCUT2D eigenvalue weighted by atomic mass is 10.2. The van der Waals surface area contributed by atoms with E-state index in [9.17, 15) is 19.2 Å². The van der Waals surface area contributed by atoms with Crippen LogP contribution in [0.2, 0.25) is 0 Å². The van der Waals surface area contributed by atoms with Crippen LogP contribution >= 0.6 is 0 Å². The summed E-state index contributed by atoms with van der Waals surface area (Å²) in [4.78, 5) is 53.9. The molecular weight excluding hydrogens is 464 g/mol. The summed E-state index contributed by atoms with van der Waals surface area (Å²) < 4.78 is 11.7. The van der Waals surface area contributed by atoms with Crippen molar-refractivity contribution in [3.63, 3.8) is 0 Å². The molecular formula is C26H30N4O6. The van der Waals surface area contributed by atoms with Crippen molar-refractivity contribution in [3.8, 4) is 5.75 Å². The number of carbonyl (C=O) groups excluding carboxylic acids is 2. The summed E-state index contributed by atoms with van der Waals surface area (Å²) in [5.74, 6) is -1.11. The van der Waals surface area contributed by atoms with Crippen molar-refractivity contribution in [2.24, 2.45) is 5.92 Å². The SMILES string of the molecule is Cc1cccc(OCC(=O)OCC(=O)N(CC(C)C)c2c(N)n(Cc3ccccc3)c(=O)[nH]c2=O)c1. The van der Waals surface area contributed by atoms with Gasteiger partial charge < -0.3 is 20.1 Å². The van der Waals surface area contributed by atoms with E-state index >= 15 is 0 Å². The van der Waals surface area contributed by atoms with Gasteiger partial charge in [0, 0.05) is 6.54 Å². The van der Waals surface area contributed by atoms with Crippen LogP contribution in [0.4, 0.5) is 11.5 Å². The highest BCUT2D eigenvalue weighted by atomic mass is 16.6. The Labute approximate surface area is 208 Å². The number of amides is 1. The number of hydrogen-bond donors (Lipinski definition) is 2. The first-order valence-corrected chi connectivity index (χ1v) is 11.5. The fourth-order valence-electron chi connectivity index (χ4n) is 3.55. The second kappa shape index (κ2) is 11.9. The van der Waals surface area contributed by atoms with Gasteiger partial charge in [-0.15, -0.1) is 0 Å². The number of H-pyrrole nitrogens is 1. The second-order valence-electron chi connectivity index (χ2n) is 8.73. The number of anilines is 2. The molecule has 1 heterocycles. The van der Waals surface area contributed by atoms with Gasteiger partial charge in [0.05, 0.1) is 6.54 Å². The number of ether oxygens (including phenoxy) is 2. The van der Waals surface area contributed by atoms with Crippen LogP contribution in [0.1, 0.15) is 25.0 Å². The summed E-state index contributed by atoms with van der Waals surface area (Å²) in [7, 11) is 0. The van der Waals surface area contributed by atoms with Crippen LogP contribution in [0.5, 0.6) is 5.75 Å². The Kier molecular flexibility index (Phi) is 8.66. The summed E-state index contributed by atoms with van der Waals surface area (Å²) in [6, 6.07) is 16.2. The smallest absolute Gasteiger partial charge is 0.344 e. The summed E-state index contributed by atoms with van der Waals surface area (Å²) in [6.07, 6.45) is 0. The van der Waals surface area contributed by atoms with E-state index in [0.717, 1.165) is 16.0 Å². The fourth-order valence-corrected chi connectivity index (χ4v) is 3.55. The Balaban J connectivity index is 1.78. The van der Waals surface area contributed by atoms with Gasteiger partial charge in [0.2, 0.25) is 0 Å². The monoisotopic (exact) mass is 494 g/mol. The molecule has 3 rings (SSSR count). The number of benzene rings is 2. The normalized spacial score (nSPS) is 10.8. The van der Waals surface area contributed by atoms with Gasteiger partial charge in [0.1, 0.15) is 11.6 Å². The van der Waals surface area contributed by atoms with Gasteiger partial charge in [-0.2, -0.15) is 0 Å². The van der Waals surface area contributed by atoms with E-state index < -0.39 is 29.7 Å². The molecule has 0 aliphatic rings. The fraction of sp³-hybridized carbons (Fsp3) is 0.308. The third kappa shape index (κ3) is 6.84. The third-order valence-electron chi connectivity index (χ3n) is 5.22. The van der Waals surface area contributed by atoms with E-state index in [2.05, 4.69) is 4.98 Å². The number of hydrogen-bond acceptors (Lipinski definition) is 7. The molecule has 0 saturated carbocycles. The molecule has 36 heavy (non-hydrogen) atoms. The molecule has 1 amide bonds. The molecule has 0 fully saturated rings. The molecule has 10 nitrogen and oxygen atoms in total. The molecule has 0 unspecified atom stereocenters. The van der Waals surface area contributed by atoms with Crippen LogP contribution < -0.4 is 26.6 Å². The van der Waals surface area contributed by atoms with Gasteiger partial charge in [0.25, 0.3) is 11.5 Å². The molecule has 3 N–H and O–H groups in total. The number of aryl methyl sites for hydroxylation is 1. The molecule has 3 aromatic rings. The second-order valence-corrected chi connectivity index (χ2v) is 8.73. The summed E-state index contributed by atoms with van der Waals surface area (Å²) >= 11 is 0. The molecule has 0 radical (unpaired) electrons. The lowest BCUT2D eigenvalue weighted by Gasteiger charge is -2.26. The zero-order valence-corrected chi connectivity index (χ0v) is 20.5. The van der Waals surface area contributed by atoms with E-state index in [1.165, 1.54) is 4.57 Å². The van der Waals surface area contributed by atoms with Crippen molar-refractivity contribution in [1.29, 1.82) is 0 Å². The molecule has 0 spiro atoms. The highest BCUT2D eigenvalue weighted by molar-refractivity contribution is 5.97. The predicted molar refractivity (Wildman–Crippen MR) is 136 cm³/mol. The number of nitrogens with one attached hydrogen (secondary N) is 1. The van der Waals surface area contributed by atoms with Crippen LogP contribution in [-0.4, -0.2) is 41.2 Å². The van der Waals surface area contributed by atoms with Gasteiger partial charge in [-0.05, 0) is 36.1 Å². The number of carbonyl (C=O) groups is 2. The number of aromatic amines is 1. The first-order chi connectivity index (χ1) is 17.2. The summed E-state index contributed by atoms with van der Waals surface area (Å²) in [6.45, 7) is 4.81. The third-order valence-corrected chi connectivity index (χ3v) is 5.22. The van der Waals surface area contributed by atoms with Gasteiger partial charge in [0.15, 0.2) is 18.9 Å². The Morgan fingerprint density at radius 1 is 1.06 bits per heavy atom. The van der Waals surface area contributed by atoms with Crippen molar-refractivity contribution in [1.82, 2.24) is 9.55 Å². The van der Waals surface area contributed by atoms with E-state index in [4.69, 9.17) is 15.2 Å². The van der Waals surface area contributed by atoms with Crippen molar-refractivity contribution >= 4 is 23.4 Å². The van der Waals surface area contributed by atoms with Gasteiger partial charge in [-0.1, -0.05) is 56.3 Å². The van der Waals surface area contributed by atoms with Crippen LogP contribution in [0, 0.1) is 12.8 Å². The molecule has 0 saturated heterocycles. The zero-order chi connectivity index (χ0) is 26.2. The molecule has 10 heteroatoms. The first kappa shape index (κ1) is 26.3. The average Bonchev–Trinajstić information content (AvgIpc) is 2.83. The molecule has 0 atom stereocenters. The average molecular weight is 495 g/mol. The Hall–Kier alpha value is -4.34. The van der Waals surface area contributed by atoms with Crippen LogP contribution in [0.3, 0.4) is 0 Å². The molecule has 190 valence electrons. The topological polar surface area (TPSA) is 137 Å². The number of nitrogens with two attached hydrogens (primary N) is 1. The van der Waals surface area contributed by atoms with E-state index in [-0.39, 0.29) is 37.1 Å².